The topological polar surface area (TPSA) is 28.2 Å². The van der Waals surface area contributed by atoms with Gasteiger partial charge in [0.15, 0.2) is 0 Å². The maximum Gasteiger partial charge on any atom is 0.0794 e. The lowest BCUT2D eigenvalue weighted by molar-refractivity contribution is 0.289. The van der Waals surface area contributed by atoms with E-state index < -0.39 is 0 Å². The number of nitrogens with one attached hydrogen (secondary N) is 1. The summed E-state index contributed by atoms with van der Waals surface area (Å²) < 4.78 is 0. The van der Waals surface area contributed by atoms with Crippen LogP contribution in [0.1, 0.15) is 24.1 Å². The second kappa shape index (κ2) is 7.12. The highest BCUT2D eigenvalue weighted by Gasteiger charge is 2.41. The first-order valence-electron chi connectivity index (χ1n) is 8.75. The molecule has 1 aliphatic heterocycles. The Kier molecular flexibility index (Phi) is 4.74. The van der Waals surface area contributed by atoms with Gasteiger partial charge in [-0.15, -0.1) is 11.3 Å². The molecule has 0 unspecified atom stereocenters. The summed E-state index contributed by atoms with van der Waals surface area (Å²) in [5.74, 6) is 1.74. The van der Waals surface area contributed by atoms with Gasteiger partial charge >= 0.3 is 0 Å². The molecule has 1 N–H and O–H groups in total. The van der Waals surface area contributed by atoms with E-state index in [1.807, 2.05) is 5.51 Å². The summed E-state index contributed by atoms with van der Waals surface area (Å²) in [5, 5.41) is 5.98. The van der Waals surface area contributed by atoms with Crippen LogP contribution in [0.25, 0.3) is 0 Å². The molecule has 0 radical (unpaired) electrons. The van der Waals surface area contributed by atoms with E-state index in [9.17, 15) is 0 Å². The number of hydrogen-bond donors (Lipinski definition) is 1. The van der Waals surface area contributed by atoms with Crippen molar-refractivity contribution in [3.63, 3.8) is 0 Å². The molecule has 122 valence electrons. The van der Waals surface area contributed by atoms with Crippen molar-refractivity contribution in [1.82, 2.24) is 15.2 Å². The fourth-order valence-electron chi connectivity index (χ4n) is 4.33. The zero-order chi connectivity index (χ0) is 15.5. The van der Waals surface area contributed by atoms with E-state index >= 15 is 0 Å². The number of hydrogen-bond acceptors (Lipinski definition) is 4. The van der Waals surface area contributed by atoms with Crippen LogP contribution < -0.4 is 5.32 Å². The van der Waals surface area contributed by atoms with Crippen LogP contribution in [-0.4, -0.2) is 35.6 Å². The van der Waals surface area contributed by atoms with Crippen LogP contribution in [0, 0.1) is 11.8 Å². The van der Waals surface area contributed by atoms with Crippen LogP contribution >= 0.6 is 11.3 Å². The van der Waals surface area contributed by atoms with Crippen molar-refractivity contribution in [3.8, 4) is 0 Å². The van der Waals surface area contributed by atoms with Gasteiger partial charge in [0.05, 0.1) is 11.2 Å². The third kappa shape index (κ3) is 3.65. The lowest BCUT2D eigenvalue weighted by atomic mass is 9.98. The van der Waals surface area contributed by atoms with Crippen molar-refractivity contribution in [1.29, 1.82) is 0 Å². The van der Waals surface area contributed by atoms with Gasteiger partial charge in [0, 0.05) is 44.0 Å². The Balaban J connectivity index is 1.27. The number of fused-ring (bicyclic) bond motifs is 1. The van der Waals surface area contributed by atoms with Crippen molar-refractivity contribution in [2.45, 2.75) is 31.8 Å². The van der Waals surface area contributed by atoms with E-state index in [1.165, 1.54) is 37.2 Å². The van der Waals surface area contributed by atoms with E-state index in [-0.39, 0.29) is 0 Å². The maximum atomic E-state index is 4.38. The van der Waals surface area contributed by atoms with Crippen molar-refractivity contribution >= 4 is 11.3 Å². The predicted octanol–water partition coefficient (Wildman–Crippen LogP) is 3.19. The zero-order valence-electron chi connectivity index (χ0n) is 13.5. The highest BCUT2D eigenvalue weighted by molar-refractivity contribution is 7.07. The number of nitrogens with zero attached hydrogens (tertiary/aromatic N) is 2. The smallest absolute Gasteiger partial charge is 0.0794 e. The summed E-state index contributed by atoms with van der Waals surface area (Å²) in [5.41, 5.74) is 4.61. The van der Waals surface area contributed by atoms with Gasteiger partial charge in [0.1, 0.15) is 0 Å². The molecule has 4 heteroatoms. The molecule has 1 saturated heterocycles. The summed E-state index contributed by atoms with van der Waals surface area (Å²) in [7, 11) is 0. The Morgan fingerprint density at radius 3 is 2.91 bits per heavy atom. The van der Waals surface area contributed by atoms with E-state index in [2.05, 4.69) is 50.9 Å². The van der Waals surface area contributed by atoms with Gasteiger partial charge in [-0.05, 0) is 30.2 Å². The van der Waals surface area contributed by atoms with E-state index in [0.717, 1.165) is 31.3 Å². The molecule has 0 bridgehead atoms. The Bertz CT molecular complexity index is 598. The summed E-state index contributed by atoms with van der Waals surface area (Å²) in [6, 6.07) is 11.6. The minimum Gasteiger partial charge on any atom is -0.313 e. The summed E-state index contributed by atoms with van der Waals surface area (Å²) in [6.45, 7) is 4.72. The molecule has 1 aromatic carbocycles. The van der Waals surface area contributed by atoms with Crippen LogP contribution in [0.2, 0.25) is 0 Å². The molecule has 2 heterocycles. The number of likely N-dealkylation sites (tertiary alicyclic amines) is 1. The highest BCUT2D eigenvalue weighted by atomic mass is 32.1. The molecular weight excluding hydrogens is 302 g/mol. The molecule has 0 amide bonds. The molecule has 1 saturated carbocycles. The Hall–Kier alpha value is -1.23. The molecular formula is C19H25N3S. The SMILES string of the molecule is c1ccc(CN2C[C@@H]3CC[C@@H](NCCc4cscn4)[C@@H]3C2)cc1. The van der Waals surface area contributed by atoms with Gasteiger partial charge < -0.3 is 5.32 Å². The first-order chi connectivity index (χ1) is 11.4. The highest BCUT2D eigenvalue weighted by Crippen LogP contribution is 2.38. The molecule has 2 fully saturated rings. The van der Waals surface area contributed by atoms with Crippen LogP contribution in [0.15, 0.2) is 41.2 Å². The molecule has 4 rings (SSSR count). The Morgan fingerprint density at radius 1 is 1.17 bits per heavy atom. The van der Waals surface area contributed by atoms with E-state index in [0.29, 0.717) is 6.04 Å². The van der Waals surface area contributed by atoms with Gasteiger partial charge in [-0.2, -0.15) is 0 Å². The van der Waals surface area contributed by atoms with Crippen molar-refractivity contribution < 1.29 is 0 Å². The summed E-state index contributed by atoms with van der Waals surface area (Å²) in [6.07, 6.45) is 3.81. The Labute approximate surface area is 142 Å². The molecule has 1 aliphatic carbocycles. The van der Waals surface area contributed by atoms with Crippen LogP contribution in [0.5, 0.6) is 0 Å². The van der Waals surface area contributed by atoms with Gasteiger partial charge in [0.25, 0.3) is 0 Å². The average Bonchev–Trinajstić information content (AvgIpc) is 3.27. The third-order valence-electron chi connectivity index (χ3n) is 5.45. The largest absolute Gasteiger partial charge is 0.313 e. The molecule has 3 atom stereocenters. The number of benzene rings is 1. The summed E-state index contributed by atoms with van der Waals surface area (Å²) in [4.78, 5) is 7.03. The minimum absolute atomic E-state index is 0.708. The lowest BCUT2D eigenvalue weighted by Gasteiger charge is -2.22. The molecule has 2 aromatic rings. The van der Waals surface area contributed by atoms with E-state index in [1.54, 1.807) is 11.3 Å². The van der Waals surface area contributed by atoms with Gasteiger partial charge in [0.2, 0.25) is 0 Å². The van der Waals surface area contributed by atoms with Gasteiger partial charge in [-0.3, -0.25) is 4.90 Å². The van der Waals surface area contributed by atoms with Crippen molar-refractivity contribution in [3.05, 3.63) is 52.5 Å². The van der Waals surface area contributed by atoms with E-state index in [4.69, 9.17) is 0 Å². The first-order valence-corrected chi connectivity index (χ1v) is 9.69. The van der Waals surface area contributed by atoms with Gasteiger partial charge in [-0.1, -0.05) is 30.3 Å². The molecule has 23 heavy (non-hydrogen) atoms. The third-order valence-corrected chi connectivity index (χ3v) is 6.09. The maximum absolute atomic E-state index is 4.38. The lowest BCUT2D eigenvalue weighted by Crippen LogP contribution is -2.36. The standard InChI is InChI=1S/C19H25N3S/c1-2-4-15(5-3-1)10-22-11-16-6-7-19(18(16)12-22)20-9-8-17-13-23-14-21-17/h1-5,13-14,16,18-20H,6-12H2/t16-,18+,19+/m0/s1. The molecule has 0 spiro atoms. The van der Waals surface area contributed by atoms with Crippen LogP contribution in [-0.2, 0) is 13.0 Å². The van der Waals surface area contributed by atoms with Crippen LogP contribution in [0.3, 0.4) is 0 Å². The number of rotatable bonds is 6. The average molecular weight is 327 g/mol. The second-order valence-corrected chi connectivity index (χ2v) is 7.69. The molecule has 1 aromatic heterocycles. The zero-order valence-corrected chi connectivity index (χ0v) is 14.3. The summed E-state index contributed by atoms with van der Waals surface area (Å²) >= 11 is 1.69. The van der Waals surface area contributed by atoms with Crippen molar-refractivity contribution in [2.75, 3.05) is 19.6 Å². The first kappa shape index (κ1) is 15.3. The fourth-order valence-corrected chi connectivity index (χ4v) is 4.92. The quantitative estimate of drug-likeness (QED) is 0.883. The predicted molar refractivity (Wildman–Crippen MR) is 95.5 cm³/mol. The van der Waals surface area contributed by atoms with Crippen LogP contribution in [0.4, 0.5) is 0 Å². The molecule has 3 nitrogen and oxygen atoms in total. The minimum atomic E-state index is 0.708. The number of aromatic nitrogens is 1. The van der Waals surface area contributed by atoms with Crippen molar-refractivity contribution in [2.24, 2.45) is 11.8 Å². The monoisotopic (exact) mass is 327 g/mol. The van der Waals surface area contributed by atoms with Gasteiger partial charge in [-0.25, -0.2) is 4.98 Å². The molecule has 2 aliphatic rings. The fraction of sp³-hybridized carbons (Fsp3) is 0.526. The normalized spacial score (nSPS) is 27.4. The Morgan fingerprint density at radius 2 is 2.09 bits per heavy atom. The second-order valence-electron chi connectivity index (χ2n) is 6.97. The number of thiazole rings is 1.